The van der Waals surface area contributed by atoms with Crippen LogP contribution in [0, 0.1) is 0 Å². The van der Waals surface area contributed by atoms with E-state index in [4.69, 9.17) is 23.2 Å². The zero-order valence-electron chi connectivity index (χ0n) is 7.03. The lowest BCUT2D eigenvalue weighted by atomic mass is 10.1. The first-order valence-corrected chi connectivity index (χ1v) is 4.61. The van der Waals surface area contributed by atoms with Gasteiger partial charge in [-0.15, -0.1) is 0 Å². The van der Waals surface area contributed by atoms with Gasteiger partial charge in [-0.05, 0) is 26.2 Å². The summed E-state index contributed by atoms with van der Waals surface area (Å²) in [6, 6.07) is 0. The fourth-order valence-electron chi connectivity index (χ4n) is 0.892. The molecule has 64 valence electrons. The van der Waals surface area contributed by atoms with Gasteiger partial charge in [0.2, 0.25) is 0 Å². The van der Waals surface area contributed by atoms with Crippen LogP contribution in [0.15, 0.2) is 22.2 Å². The number of hydrogen-bond donors (Lipinski definition) is 0. The minimum Gasteiger partial charge on any atom is -0.0885 e. The van der Waals surface area contributed by atoms with Crippen LogP contribution in [0.2, 0.25) is 0 Å². The van der Waals surface area contributed by atoms with Crippen LogP contribution in [-0.2, 0) is 0 Å². The van der Waals surface area contributed by atoms with Gasteiger partial charge in [0, 0.05) is 0 Å². The van der Waals surface area contributed by atoms with Crippen LogP contribution in [0.3, 0.4) is 0 Å². The fourth-order valence-corrected chi connectivity index (χ4v) is 1.11. The molecule has 0 atom stereocenters. The van der Waals surface area contributed by atoms with Crippen molar-refractivity contribution in [2.24, 2.45) is 0 Å². The summed E-state index contributed by atoms with van der Waals surface area (Å²) in [4.78, 5) is 0. The van der Waals surface area contributed by atoms with Crippen LogP contribution in [0.25, 0.3) is 0 Å². The molecule has 0 spiro atoms. The van der Waals surface area contributed by atoms with Gasteiger partial charge in [-0.1, -0.05) is 47.9 Å². The van der Waals surface area contributed by atoms with E-state index in [2.05, 4.69) is 19.9 Å². The smallest absolute Gasteiger partial charge is 0.0885 e. The highest BCUT2D eigenvalue weighted by Crippen LogP contribution is 2.13. The highest BCUT2D eigenvalue weighted by Gasteiger charge is 1.91. The largest absolute Gasteiger partial charge is 0.102 e. The monoisotopic (exact) mass is 192 g/mol. The molecule has 0 aliphatic heterocycles. The van der Waals surface area contributed by atoms with Gasteiger partial charge in [-0.25, -0.2) is 0 Å². The third-order valence-electron chi connectivity index (χ3n) is 1.63. The third-order valence-corrected chi connectivity index (χ3v) is 1.94. The Kier molecular flexibility index (Phi) is 6.79. The summed E-state index contributed by atoms with van der Waals surface area (Å²) < 4.78 is 0.372. The molecule has 2 heteroatoms. The van der Waals surface area contributed by atoms with Gasteiger partial charge in [-0.2, -0.15) is 0 Å². The second-order valence-electron chi connectivity index (χ2n) is 2.33. The van der Waals surface area contributed by atoms with Gasteiger partial charge in [0.25, 0.3) is 0 Å². The molecular formula is C9H14Cl2. The standard InChI is InChI=1S/C9H14Cl2/c1-3-8(4-2)6-5-7-9(10)11/h3,7H,4-6H2,1-2H3. The molecule has 0 aromatic rings. The topological polar surface area (TPSA) is 0 Å². The van der Waals surface area contributed by atoms with Crippen LogP contribution < -0.4 is 0 Å². The van der Waals surface area contributed by atoms with Crippen molar-refractivity contribution in [2.75, 3.05) is 0 Å². The molecule has 0 nitrogen and oxygen atoms in total. The van der Waals surface area contributed by atoms with E-state index in [0.29, 0.717) is 4.49 Å². The lowest BCUT2D eigenvalue weighted by Crippen LogP contribution is -1.78. The first-order chi connectivity index (χ1) is 5.20. The van der Waals surface area contributed by atoms with E-state index < -0.39 is 0 Å². The molecule has 0 saturated heterocycles. The van der Waals surface area contributed by atoms with Gasteiger partial charge in [0.1, 0.15) is 4.49 Å². The minimum atomic E-state index is 0.372. The SMILES string of the molecule is CC=C(CC)CCC=C(Cl)Cl. The van der Waals surface area contributed by atoms with Gasteiger partial charge < -0.3 is 0 Å². The minimum absolute atomic E-state index is 0.372. The van der Waals surface area contributed by atoms with Crippen molar-refractivity contribution in [3.8, 4) is 0 Å². The predicted molar refractivity (Wildman–Crippen MR) is 53.1 cm³/mol. The Bertz CT molecular complexity index is 153. The maximum Gasteiger partial charge on any atom is 0.102 e. The van der Waals surface area contributed by atoms with Crippen molar-refractivity contribution in [1.29, 1.82) is 0 Å². The molecule has 0 radical (unpaired) electrons. The Morgan fingerprint density at radius 1 is 1.36 bits per heavy atom. The Morgan fingerprint density at radius 2 is 2.00 bits per heavy atom. The van der Waals surface area contributed by atoms with E-state index in [1.54, 1.807) is 0 Å². The Labute approximate surface area is 78.9 Å². The summed E-state index contributed by atoms with van der Waals surface area (Å²) >= 11 is 10.9. The molecule has 0 unspecified atom stereocenters. The third kappa shape index (κ3) is 6.46. The van der Waals surface area contributed by atoms with Crippen molar-refractivity contribution < 1.29 is 0 Å². The molecule has 0 bridgehead atoms. The second-order valence-corrected chi connectivity index (χ2v) is 3.34. The predicted octanol–water partition coefficient (Wildman–Crippen LogP) is 4.44. The molecular weight excluding hydrogens is 179 g/mol. The van der Waals surface area contributed by atoms with Crippen molar-refractivity contribution in [2.45, 2.75) is 33.1 Å². The number of halogens is 2. The number of hydrogen-bond acceptors (Lipinski definition) is 0. The highest BCUT2D eigenvalue weighted by atomic mass is 35.5. The Morgan fingerprint density at radius 3 is 2.36 bits per heavy atom. The average molecular weight is 193 g/mol. The van der Waals surface area contributed by atoms with Crippen LogP contribution in [-0.4, -0.2) is 0 Å². The summed E-state index contributed by atoms with van der Waals surface area (Å²) in [7, 11) is 0. The average Bonchev–Trinajstić information content (AvgIpc) is 1.98. The molecule has 0 aromatic heterocycles. The molecule has 0 heterocycles. The Balaban J connectivity index is 3.61. The lowest BCUT2D eigenvalue weighted by molar-refractivity contribution is 0.905. The summed E-state index contributed by atoms with van der Waals surface area (Å²) in [5, 5.41) is 0. The van der Waals surface area contributed by atoms with E-state index in [9.17, 15) is 0 Å². The van der Waals surface area contributed by atoms with Gasteiger partial charge >= 0.3 is 0 Å². The van der Waals surface area contributed by atoms with Crippen LogP contribution in [0.4, 0.5) is 0 Å². The zero-order chi connectivity index (χ0) is 8.69. The molecule has 0 aromatic carbocycles. The molecule has 0 rings (SSSR count). The van der Waals surface area contributed by atoms with E-state index in [1.165, 1.54) is 5.57 Å². The number of rotatable bonds is 4. The van der Waals surface area contributed by atoms with Gasteiger partial charge in [0.05, 0.1) is 0 Å². The van der Waals surface area contributed by atoms with Gasteiger partial charge in [-0.3, -0.25) is 0 Å². The Hall–Kier alpha value is 0.0600. The summed E-state index contributed by atoms with van der Waals surface area (Å²) in [5.41, 5.74) is 1.45. The highest BCUT2D eigenvalue weighted by molar-refractivity contribution is 6.55. The second kappa shape index (κ2) is 6.75. The quantitative estimate of drug-likeness (QED) is 0.579. The van der Waals surface area contributed by atoms with Gasteiger partial charge in [0.15, 0.2) is 0 Å². The molecule has 0 aliphatic rings. The number of allylic oxidation sites excluding steroid dienone is 3. The first-order valence-electron chi connectivity index (χ1n) is 3.86. The molecule has 0 saturated carbocycles. The molecule has 11 heavy (non-hydrogen) atoms. The zero-order valence-corrected chi connectivity index (χ0v) is 8.54. The van der Waals surface area contributed by atoms with E-state index >= 15 is 0 Å². The maximum absolute atomic E-state index is 5.45. The van der Waals surface area contributed by atoms with Crippen molar-refractivity contribution in [1.82, 2.24) is 0 Å². The van der Waals surface area contributed by atoms with E-state index in [1.807, 2.05) is 6.08 Å². The van der Waals surface area contributed by atoms with E-state index in [-0.39, 0.29) is 0 Å². The fraction of sp³-hybridized carbons (Fsp3) is 0.556. The van der Waals surface area contributed by atoms with Crippen molar-refractivity contribution >= 4 is 23.2 Å². The summed E-state index contributed by atoms with van der Waals surface area (Å²) in [6.07, 6.45) is 7.11. The van der Waals surface area contributed by atoms with Crippen LogP contribution in [0.5, 0.6) is 0 Å². The molecule has 0 N–H and O–H groups in total. The first kappa shape index (κ1) is 11.1. The van der Waals surface area contributed by atoms with Crippen LogP contribution >= 0.6 is 23.2 Å². The van der Waals surface area contributed by atoms with Crippen molar-refractivity contribution in [3.05, 3.63) is 22.2 Å². The maximum atomic E-state index is 5.45. The lowest BCUT2D eigenvalue weighted by Gasteiger charge is -1.99. The van der Waals surface area contributed by atoms with Crippen LogP contribution in [0.1, 0.15) is 33.1 Å². The molecule has 0 aliphatic carbocycles. The summed E-state index contributed by atoms with van der Waals surface area (Å²) in [5.74, 6) is 0. The molecule has 0 fully saturated rings. The van der Waals surface area contributed by atoms with E-state index in [0.717, 1.165) is 19.3 Å². The normalized spacial score (nSPS) is 11.5. The summed E-state index contributed by atoms with van der Waals surface area (Å²) in [6.45, 7) is 4.21. The molecule has 0 amide bonds. The van der Waals surface area contributed by atoms with Crippen molar-refractivity contribution in [3.63, 3.8) is 0 Å².